The highest BCUT2D eigenvalue weighted by atomic mass is 29.3. The molecule has 0 aromatic heterocycles. The molecule has 0 N–H and O–H groups in total. The fourth-order valence-corrected chi connectivity index (χ4v) is 27.9. The molecule has 0 saturated heterocycles. The second-order valence-electron chi connectivity index (χ2n) is 18.5. The first-order valence-electron chi connectivity index (χ1n) is 20.2. The third-order valence-corrected chi connectivity index (χ3v) is 40.4. The maximum absolute atomic E-state index is 7.58. The summed E-state index contributed by atoms with van der Waals surface area (Å²) in [6.45, 7) is 25.8. The van der Waals surface area contributed by atoms with Crippen molar-refractivity contribution in [3.63, 3.8) is 0 Å². The van der Waals surface area contributed by atoms with E-state index >= 15 is 0 Å². The molecule has 6 rings (SSSR count). The predicted octanol–water partition coefficient (Wildman–Crippen LogP) is 9.45. The lowest BCUT2D eigenvalue weighted by Crippen LogP contribution is -2.71. The normalized spacial score (nSPS) is 13.1. The maximum atomic E-state index is 7.58. The lowest BCUT2D eigenvalue weighted by Gasteiger charge is -2.45. The van der Waals surface area contributed by atoms with Gasteiger partial charge in [0.05, 0.1) is 28.4 Å². The summed E-state index contributed by atoms with van der Waals surface area (Å²) >= 11 is 0. The van der Waals surface area contributed by atoms with Crippen LogP contribution >= 0.6 is 0 Å². The van der Waals surface area contributed by atoms with Crippen molar-refractivity contribution < 1.29 is 8.85 Å². The van der Waals surface area contributed by atoms with Crippen LogP contribution in [0.4, 0.5) is 0 Å². The lowest BCUT2D eigenvalue weighted by atomic mass is 10.2. The quantitative estimate of drug-likeness (QED) is 0.108. The van der Waals surface area contributed by atoms with Gasteiger partial charge in [-0.15, -0.1) is 0 Å². The van der Waals surface area contributed by atoms with E-state index < -0.39 is 31.8 Å². The van der Waals surface area contributed by atoms with Crippen molar-refractivity contribution in [1.29, 1.82) is 0 Å². The van der Waals surface area contributed by atoms with E-state index in [0.29, 0.717) is 13.2 Å². The smallest absolute Gasteiger partial charge is 0.261 e. The summed E-state index contributed by atoms with van der Waals surface area (Å²) in [6.07, 6.45) is 0. The van der Waals surface area contributed by atoms with Gasteiger partial charge in [0.15, 0.2) is 0 Å². The molecule has 0 bridgehead atoms. The van der Waals surface area contributed by atoms with Gasteiger partial charge in [-0.25, -0.2) is 0 Å². The van der Waals surface area contributed by atoms with Crippen LogP contribution in [-0.2, 0) is 22.1 Å². The molecular formula is C50H62O2Si4. The summed E-state index contributed by atoms with van der Waals surface area (Å²) in [7, 11) is -9.71. The van der Waals surface area contributed by atoms with Crippen molar-refractivity contribution in [2.45, 2.75) is 91.0 Å². The van der Waals surface area contributed by atoms with Crippen molar-refractivity contribution in [3.05, 3.63) is 181 Å². The first-order chi connectivity index (χ1) is 26.6. The van der Waals surface area contributed by atoms with Gasteiger partial charge < -0.3 is 8.85 Å². The molecule has 0 spiro atoms. The molecule has 0 amide bonds. The molecule has 2 nitrogen and oxygen atoms in total. The fraction of sp³-hybridized carbons (Fsp3) is 0.280. The molecule has 6 heteroatoms. The van der Waals surface area contributed by atoms with Gasteiger partial charge in [-0.3, -0.25) is 0 Å². The van der Waals surface area contributed by atoms with Crippen LogP contribution in [0, 0.1) is 0 Å². The van der Waals surface area contributed by atoms with E-state index in [2.05, 4.69) is 238 Å². The SMILES string of the molecule is CC(C)(C)[Si](OCc1ccccc1[Si](C)(C)[Si](C)(C)c1ccccc1CO[Si](c1ccccc1)(c1ccccc1)C(C)(C)C)(c1ccccc1)c1ccccc1. The lowest BCUT2D eigenvalue weighted by molar-refractivity contribution is 0.287. The minimum Gasteiger partial charge on any atom is -0.403 e. The Bertz CT molecular complexity index is 1930. The van der Waals surface area contributed by atoms with Crippen LogP contribution < -0.4 is 31.1 Å². The average Bonchev–Trinajstić information content (AvgIpc) is 3.19. The molecule has 290 valence electrons. The molecule has 56 heavy (non-hydrogen) atoms. The van der Waals surface area contributed by atoms with E-state index in [-0.39, 0.29) is 10.1 Å². The van der Waals surface area contributed by atoms with Crippen molar-refractivity contribution in [2.24, 2.45) is 0 Å². The van der Waals surface area contributed by atoms with Crippen LogP contribution in [0.25, 0.3) is 0 Å². The Balaban J connectivity index is 1.39. The van der Waals surface area contributed by atoms with Crippen LogP contribution in [0.1, 0.15) is 52.7 Å². The van der Waals surface area contributed by atoms with Crippen LogP contribution in [0.3, 0.4) is 0 Å². The first-order valence-corrected chi connectivity index (χ1v) is 31.1. The van der Waals surface area contributed by atoms with Gasteiger partial charge in [-0.05, 0) is 42.0 Å². The van der Waals surface area contributed by atoms with E-state index in [0.717, 1.165) is 0 Å². The molecule has 0 fully saturated rings. The van der Waals surface area contributed by atoms with Crippen LogP contribution in [0.5, 0.6) is 0 Å². The van der Waals surface area contributed by atoms with Gasteiger partial charge in [0.1, 0.15) is 0 Å². The minimum absolute atomic E-state index is 0.0877. The standard InChI is InChI=1S/C50H62O2Si4/c1-49(2,3)55(43-29-15-11-16-30-43,44-31-17-12-18-32-44)51-39-41-27-23-25-37-47(41)53(7,8)54(9,10)48-38-26-24-28-42(48)40-52-56(50(4,5)6,45-33-19-13-20-34-45)46-35-21-14-22-36-46/h11-38H,39-40H2,1-10H3. The monoisotopic (exact) mass is 806 g/mol. The Hall–Kier alpha value is -3.89. The summed E-state index contributed by atoms with van der Waals surface area (Å²) in [4.78, 5) is 0. The van der Waals surface area contributed by atoms with Gasteiger partial charge in [0, 0.05) is 0 Å². The molecule has 0 saturated carbocycles. The van der Waals surface area contributed by atoms with Gasteiger partial charge in [-0.2, -0.15) is 0 Å². The summed E-state index contributed by atoms with van der Waals surface area (Å²) in [5.41, 5.74) is 2.66. The summed E-state index contributed by atoms with van der Waals surface area (Å²) in [5, 5.41) is 8.11. The van der Waals surface area contributed by atoms with E-state index in [4.69, 9.17) is 8.85 Å². The third-order valence-electron chi connectivity index (χ3n) is 12.7. The highest BCUT2D eigenvalue weighted by Crippen LogP contribution is 2.39. The summed E-state index contributed by atoms with van der Waals surface area (Å²) in [5.74, 6) is 0. The topological polar surface area (TPSA) is 18.5 Å². The Kier molecular flexibility index (Phi) is 12.3. The number of benzene rings is 6. The van der Waals surface area contributed by atoms with Crippen molar-refractivity contribution in [1.82, 2.24) is 0 Å². The molecule has 0 heterocycles. The molecule has 0 unspecified atom stereocenters. The van der Waals surface area contributed by atoms with Gasteiger partial charge >= 0.3 is 0 Å². The Morgan fingerprint density at radius 3 is 0.821 bits per heavy atom. The Morgan fingerprint density at radius 1 is 0.339 bits per heavy atom. The Labute approximate surface area is 342 Å². The van der Waals surface area contributed by atoms with Gasteiger partial charge in [-0.1, -0.05) is 248 Å². The first kappa shape index (κ1) is 41.7. The van der Waals surface area contributed by atoms with E-state index in [1.807, 2.05) is 0 Å². The molecule has 6 aromatic rings. The Morgan fingerprint density at radius 2 is 0.571 bits per heavy atom. The zero-order valence-electron chi connectivity index (χ0n) is 35.4. The van der Waals surface area contributed by atoms with Gasteiger partial charge in [0.2, 0.25) is 0 Å². The molecular weight excluding hydrogens is 745 g/mol. The molecule has 0 aliphatic carbocycles. The third kappa shape index (κ3) is 7.72. The largest absolute Gasteiger partial charge is 0.403 e. The second kappa shape index (κ2) is 16.5. The van der Waals surface area contributed by atoms with Crippen molar-refractivity contribution in [2.75, 3.05) is 0 Å². The van der Waals surface area contributed by atoms with Crippen molar-refractivity contribution >= 4 is 62.9 Å². The number of hydrogen-bond donors (Lipinski definition) is 0. The van der Waals surface area contributed by atoms with E-state index in [1.54, 1.807) is 0 Å². The van der Waals surface area contributed by atoms with E-state index in [1.165, 1.54) is 42.2 Å². The summed E-state index contributed by atoms with van der Waals surface area (Å²) < 4.78 is 15.2. The van der Waals surface area contributed by atoms with Crippen LogP contribution in [0.15, 0.2) is 170 Å². The van der Waals surface area contributed by atoms with Crippen molar-refractivity contribution in [3.8, 4) is 0 Å². The maximum Gasteiger partial charge on any atom is 0.261 e. The van der Waals surface area contributed by atoms with Gasteiger partial charge in [0.25, 0.3) is 16.6 Å². The number of rotatable bonds is 13. The highest BCUT2D eigenvalue weighted by Gasteiger charge is 2.52. The minimum atomic E-state index is -2.72. The highest BCUT2D eigenvalue weighted by molar-refractivity contribution is 7.50. The fourth-order valence-electron chi connectivity index (χ4n) is 9.08. The molecule has 0 radical (unpaired) electrons. The van der Waals surface area contributed by atoms with Crippen LogP contribution in [0.2, 0.25) is 36.3 Å². The van der Waals surface area contributed by atoms with Crippen LogP contribution in [-0.4, -0.2) is 31.8 Å². The average molecular weight is 807 g/mol. The molecule has 0 atom stereocenters. The molecule has 0 aliphatic rings. The predicted molar refractivity (Wildman–Crippen MR) is 252 cm³/mol. The van der Waals surface area contributed by atoms with E-state index in [9.17, 15) is 0 Å². The zero-order valence-corrected chi connectivity index (χ0v) is 39.4. The second-order valence-corrected chi connectivity index (χ2v) is 42.2. The summed E-state index contributed by atoms with van der Waals surface area (Å²) in [6, 6.07) is 62.6. The molecule has 6 aromatic carbocycles. The zero-order chi connectivity index (χ0) is 40.2. The number of hydrogen-bond acceptors (Lipinski definition) is 2. The molecule has 0 aliphatic heterocycles.